The lowest BCUT2D eigenvalue weighted by atomic mass is 10.1. The van der Waals surface area contributed by atoms with E-state index in [2.05, 4.69) is 10.5 Å². The van der Waals surface area contributed by atoms with E-state index in [4.69, 9.17) is 9.66 Å². The Bertz CT molecular complexity index is 830. The summed E-state index contributed by atoms with van der Waals surface area (Å²) in [6, 6.07) is 8.07. The van der Waals surface area contributed by atoms with Crippen molar-refractivity contribution in [3.8, 4) is 0 Å². The van der Waals surface area contributed by atoms with E-state index in [0.29, 0.717) is 24.5 Å². The van der Waals surface area contributed by atoms with Gasteiger partial charge in [0.05, 0.1) is 4.90 Å². The lowest BCUT2D eigenvalue weighted by molar-refractivity contribution is -0.116. The molecule has 1 amide bonds. The van der Waals surface area contributed by atoms with Crippen LogP contribution in [-0.4, -0.2) is 38.0 Å². The summed E-state index contributed by atoms with van der Waals surface area (Å²) in [4.78, 5) is 14.0. The van der Waals surface area contributed by atoms with Crippen LogP contribution in [0.25, 0.3) is 0 Å². The lowest BCUT2D eigenvalue weighted by Crippen LogP contribution is -2.27. The van der Waals surface area contributed by atoms with Crippen LogP contribution in [0.1, 0.15) is 30.7 Å². The molecule has 1 atom stereocenters. The second-order valence-electron chi connectivity index (χ2n) is 5.89. The predicted octanol–water partition coefficient (Wildman–Crippen LogP) is 1.65. The first kappa shape index (κ1) is 19.1. The average Bonchev–Trinajstić information content (AvgIpc) is 2.96. The van der Waals surface area contributed by atoms with Gasteiger partial charge in [-0.3, -0.25) is 9.69 Å². The molecule has 1 aromatic carbocycles. The van der Waals surface area contributed by atoms with Crippen LogP contribution in [0.5, 0.6) is 0 Å². The zero-order valence-corrected chi connectivity index (χ0v) is 15.2. The maximum Gasteiger partial charge on any atom is 0.238 e. The third kappa shape index (κ3) is 5.38. The van der Waals surface area contributed by atoms with E-state index >= 15 is 0 Å². The minimum Gasteiger partial charge on any atom is -0.360 e. The molecule has 0 saturated carbocycles. The zero-order valence-electron chi connectivity index (χ0n) is 14.4. The normalized spacial score (nSPS) is 13.0. The maximum atomic E-state index is 11.9. The maximum absolute atomic E-state index is 11.9. The number of hydrogen-bond acceptors (Lipinski definition) is 6. The van der Waals surface area contributed by atoms with E-state index in [1.54, 1.807) is 25.1 Å². The van der Waals surface area contributed by atoms with Gasteiger partial charge in [-0.05, 0) is 38.6 Å². The summed E-state index contributed by atoms with van der Waals surface area (Å²) in [5.74, 6) is 0.873. The van der Waals surface area contributed by atoms with E-state index in [1.165, 1.54) is 12.1 Å². The van der Waals surface area contributed by atoms with E-state index in [1.807, 2.05) is 18.9 Å². The first-order valence-corrected chi connectivity index (χ1v) is 9.27. The van der Waals surface area contributed by atoms with E-state index in [9.17, 15) is 13.2 Å². The van der Waals surface area contributed by atoms with Gasteiger partial charge < -0.3 is 9.84 Å². The molecule has 2 aromatic rings. The largest absolute Gasteiger partial charge is 0.360 e. The van der Waals surface area contributed by atoms with Crippen LogP contribution in [0.4, 0.5) is 5.82 Å². The Morgan fingerprint density at radius 3 is 2.52 bits per heavy atom. The number of aromatic nitrogens is 1. The molecule has 0 aliphatic carbocycles. The molecule has 0 fully saturated rings. The van der Waals surface area contributed by atoms with Gasteiger partial charge in [-0.15, -0.1) is 0 Å². The molecule has 1 aromatic heterocycles. The summed E-state index contributed by atoms with van der Waals surface area (Å²) in [5.41, 5.74) is 0.933. The number of nitrogens with two attached hydrogens (primary N) is 1. The van der Waals surface area contributed by atoms with Crippen LogP contribution < -0.4 is 10.5 Å². The summed E-state index contributed by atoms with van der Waals surface area (Å²) in [7, 11) is -1.80. The van der Waals surface area contributed by atoms with Crippen molar-refractivity contribution in [3.05, 3.63) is 41.7 Å². The average molecular weight is 366 g/mol. The molecule has 0 radical (unpaired) electrons. The third-order valence-corrected chi connectivity index (χ3v) is 4.87. The van der Waals surface area contributed by atoms with Gasteiger partial charge >= 0.3 is 0 Å². The molecule has 25 heavy (non-hydrogen) atoms. The molecule has 2 rings (SSSR count). The molecule has 0 spiro atoms. The number of carbonyl (C=O) groups is 1. The van der Waals surface area contributed by atoms with E-state index in [-0.39, 0.29) is 16.8 Å². The Kier molecular flexibility index (Phi) is 5.93. The highest BCUT2D eigenvalue weighted by Gasteiger charge is 2.15. The fourth-order valence-corrected chi connectivity index (χ4v) is 2.81. The van der Waals surface area contributed by atoms with Crippen LogP contribution in [0.2, 0.25) is 0 Å². The number of sulfonamides is 1. The minimum atomic E-state index is -3.70. The number of amides is 1. The molecule has 0 aliphatic rings. The standard InChI is InChI=1S/C16H22N4O4S/c1-11-10-15(19-24-11)18-16(21)8-9-20(3)12(2)13-4-6-14(7-5-13)25(17,22)23/h4-7,10,12H,8-9H2,1-3H3,(H2,17,22,23)(H,18,19,21). The van der Waals surface area contributed by atoms with Gasteiger partial charge in [0.1, 0.15) is 5.76 Å². The lowest BCUT2D eigenvalue weighted by Gasteiger charge is -2.24. The number of benzene rings is 1. The molecule has 0 bridgehead atoms. The Morgan fingerprint density at radius 1 is 1.36 bits per heavy atom. The van der Waals surface area contributed by atoms with Crippen molar-refractivity contribution in [2.75, 3.05) is 18.9 Å². The SMILES string of the molecule is Cc1cc(NC(=O)CCN(C)C(C)c2ccc(S(N)(=O)=O)cc2)no1. The molecule has 8 nitrogen and oxygen atoms in total. The van der Waals surface area contributed by atoms with Crippen molar-refractivity contribution >= 4 is 21.7 Å². The van der Waals surface area contributed by atoms with Crippen molar-refractivity contribution in [2.45, 2.75) is 31.2 Å². The fourth-order valence-electron chi connectivity index (χ4n) is 2.29. The third-order valence-electron chi connectivity index (χ3n) is 3.94. The van der Waals surface area contributed by atoms with Crippen LogP contribution in [0.3, 0.4) is 0 Å². The predicted molar refractivity (Wildman–Crippen MR) is 93.3 cm³/mol. The number of anilines is 1. The second-order valence-corrected chi connectivity index (χ2v) is 7.45. The highest BCUT2D eigenvalue weighted by molar-refractivity contribution is 7.89. The molecule has 9 heteroatoms. The zero-order chi connectivity index (χ0) is 18.6. The van der Waals surface area contributed by atoms with Crippen LogP contribution >= 0.6 is 0 Å². The Balaban J connectivity index is 1.89. The van der Waals surface area contributed by atoms with Gasteiger partial charge in [0.25, 0.3) is 0 Å². The topological polar surface area (TPSA) is 119 Å². The molecule has 136 valence electrons. The molecule has 0 saturated heterocycles. The fraction of sp³-hybridized carbons (Fsp3) is 0.375. The van der Waals surface area contributed by atoms with Crippen molar-refractivity contribution in [3.63, 3.8) is 0 Å². The molecule has 0 aliphatic heterocycles. The van der Waals surface area contributed by atoms with Crippen molar-refractivity contribution in [1.82, 2.24) is 10.1 Å². The number of rotatable bonds is 7. The van der Waals surface area contributed by atoms with E-state index < -0.39 is 10.0 Å². The summed E-state index contributed by atoms with van der Waals surface area (Å²) in [6.45, 7) is 4.25. The number of hydrogen-bond donors (Lipinski definition) is 2. The van der Waals surface area contributed by atoms with Crippen molar-refractivity contribution in [1.29, 1.82) is 0 Å². The number of nitrogens with zero attached hydrogens (tertiary/aromatic N) is 2. The molecule has 1 heterocycles. The van der Waals surface area contributed by atoms with Gasteiger partial charge in [-0.2, -0.15) is 0 Å². The number of primary sulfonamides is 1. The van der Waals surface area contributed by atoms with Crippen LogP contribution in [-0.2, 0) is 14.8 Å². The summed E-state index contributed by atoms with van der Waals surface area (Å²) in [5, 5.41) is 11.5. The highest BCUT2D eigenvalue weighted by Crippen LogP contribution is 2.20. The quantitative estimate of drug-likeness (QED) is 0.769. The van der Waals surface area contributed by atoms with Crippen LogP contribution in [0.15, 0.2) is 39.8 Å². The molecule has 1 unspecified atom stereocenters. The molecular weight excluding hydrogens is 344 g/mol. The monoisotopic (exact) mass is 366 g/mol. The summed E-state index contributed by atoms with van der Waals surface area (Å²) < 4.78 is 27.5. The van der Waals surface area contributed by atoms with Crippen molar-refractivity contribution < 1.29 is 17.7 Å². The van der Waals surface area contributed by atoms with Crippen molar-refractivity contribution in [2.24, 2.45) is 5.14 Å². The first-order chi connectivity index (χ1) is 11.7. The summed E-state index contributed by atoms with van der Waals surface area (Å²) in [6.07, 6.45) is 0.294. The Labute approximate surface area is 147 Å². The minimum absolute atomic E-state index is 0.0108. The number of aryl methyl sites for hydroxylation is 1. The van der Waals surface area contributed by atoms with Crippen LogP contribution in [0, 0.1) is 6.92 Å². The molecular formula is C16H22N4O4S. The second kappa shape index (κ2) is 7.77. The highest BCUT2D eigenvalue weighted by atomic mass is 32.2. The molecule has 3 N–H and O–H groups in total. The number of nitrogens with one attached hydrogen (secondary N) is 1. The van der Waals surface area contributed by atoms with Gasteiger partial charge in [-0.25, -0.2) is 13.6 Å². The summed E-state index contributed by atoms with van der Waals surface area (Å²) >= 11 is 0. The number of carbonyl (C=O) groups excluding carboxylic acids is 1. The van der Waals surface area contributed by atoms with E-state index in [0.717, 1.165) is 5.56 Å². The van der Waals surface area contributed by atoms with Gasteiger partial charge in [0.15, 0.2) is 5.82 Å². The first-order valence-electron chi connectivity index (χ1n) is 7.73. The van der Waals surface area contributed by atoms with Gasteiger partial charge in [0.2, 0.25) is 15.9 Å². The van der Waals surface area contributed by atoms with Gasteiger partial charge in [-0.1, -0.05) is 17.3 Å². The van der Waals surface area contributed by atoms with Gasteiger partial charge in [0, 0.05) is 25.1 Å². The smallest absolute Gasteiger partial charge is 0.238 e. The Hall–Kier alpha value is -2.23. The Morgan fingerprint density at radius 2 is 2.00 bits per heavy atom.